The van der Waals surface area contributed by atoms with Crippen LogP contribution in [0.3, 0.4) is 0 Å². The van der Waals surface area contributed by atoms with Crippen LogP contribution in [0, 0.1) is 0 Å². The van der Waals surface area contributed by atoms with Gasteiger partial charge >= 0.3 is 0 Å². The van der Waals surface area contributed by atoms with Crippen molar-refractivity contribution in [3.8, 4) is 0 Å². The number of hydrogen-bond donors (Lipinski definition) is 1. The minimum Gasteiger partial charge on any atom is -0.307 e. The Morgan fingerprint density at radius 2 is 2.39 bits per heavy atom. The standard InChI is InChI=1S/C13H20N4S/c1-3-6-17-13(15-10-16-17)9-14-11(2)8-12-5-4-7-18-12/h4-5,7,10-11,14H,3,6,8-9H2,1-2H3. The van der Waals surface area contributed by atoms with Crippen LogP contribution in [-0.2, 0) is 19.5 Å². The highest BCUT2D eigenvalue weighted by Crippen LogP contribution is 2.11. The first-order valence-electron chi connectivity index (χ1n) is 6.42. The number of nitrogens with zero attached hydrogens (tertiary/aromatic N) is 3. The Morgan fingerprint density at radius 3 is 3.11 bits per heavy atom. The molecule has 0 aliphatic carbocycles. The van der Waals surface area contributed by atoms with E-state index in [1.165, 1.54) is 4.88 Å². The maximum atomic E-state index is 4.30. The molecule has 1 N–H and O–H groups in total. The minimum atomic E-state index is 0.454. The van der Waals surface area contributed by atoms with E-state index >= 15 is 0 Å². The van der Waals surface area contributed by atoms with E-state index in [0.29, 0.717) is 6.04 Å². The van der Waals surface area contributed by atoms with Crippen molar-refractivity contribution in [2.75, 3.05) is 0 Å². The first-order chi connectivity index (χ1) is 8.79. The summed E-state index contributed by atoms with van der Waals surface area (Å²) in [6.45, 7) is 6.08. The lowest BCUT2D eigenvalue weighted by molar-refractivity contribution is 0.498. The van der Waals surface area contributed by atoms with Gasteiger partial charge in [0.2, 0.25) is 0 Å². The quantitative estimate of drug-likeness (QED) is 0.835. The summed E-state index contributed by atoms with van der Waals surface area (Å²) < 4.78 is 1.98. The van der Waals surface area contributed by atoms with E-state index in [4.69, 9.17) is 0 Å². The molecular weight excluding hydrogens is 244 g/mol. The third-order valence-corrected chi connectivity index (χ3v) is 3.73. The van der Waals surface area contributed by atoms with Crippen LogP contribution >= 0.6 is 11.3 Å². The molecule has 0 amide bonds. The molecule has 2 aromatic rings. The number of rotatable bonds is 7. The molecular formula is C13H20N4S. The van der Waals surface area contributed by atoms with Crippen molar-refractivity contribution in [2.45, 2.75) is 45.8 Å². The fourth-order valence-corrected chi connectivity index (χ4v) is 2.73. The van der Waals surface area contributed by atoms with Gasteiger partial charge in [-0.2, -0.15) is 5.10 Å². The number of thiophene rings is 1. The fraction of sp³-hybridized carbons (Fsp3) is 0.538. The summed E-state index contributed by atoms with van der Waals surface area (Å²) in [5.74, 6) is 1.02. The van der Waals surface area contributed by atoms with E-state index in [2.05, 4.69) is 46.8 Å². The molecule has 0 bridgehead atoms. The molecule has 0 aliphatic rings. The molecule has 0 saturated heterocycles. The average Bonchev–Trinajstić information content (AvgIpc) is 2.99. The topological polar surface area (TPSA) is 42.7 Å². The van der Waals surface area contributed by atoms with E-state index in [1.54, 1.807) is 6.33 Å². The highest BCUT2D eigenvalue weighted by atomic mass is 32.1. The molecule has 4 nitrogen and oxygen atoms in total. The van der Waals surface area contributed by atoms with Crippen LogP contribution in [0.15, 0.2) is 23.8 Å². The molecule has 0 fully saturated rings. The summed E-state index contributed by atoms with van der Waals surface area (Å²) in [5, 5.41) is 9.86. The molecule has 5 heteroatoms. The van der Waals surface area contributed by atoms with E-state index in [0.717, 1.165) is 31.8 Å². The summed E-state index contributed by atoms with van der Waals surface area (Å²) in [7, 11) is 0. The normalized spacial score (nSPS) is 12.8. The zero-order valence-electron chi connectivity index (χ0n) is 11.0. The summed E-state index contributed by atoms with van der Waals surface area (Å²) in [4.78, 5) is 5.72. The van der Waals surface area contributed by atoms with Gasteiger partial charge in [0.25, 0.3) is 0 Å². The SMILES string of the molecule is CCCn1ncnc1CNC(C)Cc1cccs1. The maximum absolute atomic E-state index is 4.30. The van der Waals surface area contributed by atoms with Gasteiger partial charge in [-0.3, -0.25) is 0 Å². The average molecular weight is 264 g/mol. The van der Waals surface area contributed by atoms with Gasteiger partial charge in [-0.1, -0.05) is 13.0 Å². The lowest BCUT2D eigenvalue weighted by atomic mass is 10.2. The smallest absolute Gasteiger partial charge is 0.140 e. The van der Waals surface area contributed by atoms with Crippen LogP contribution in [0.2, 0.25) is 0 Å². The summed E-state index contributed by atoms with van der Waals surface area (Å²) >= 11 is 1.81. The number of nitrogens with one attached hydrogen (secondary N) is 1. The molecule has 18 heavy (non-hydrogen) atoms. The number of aromatic nitrogens is 3. The first-order valence-corrected chi connectivity index (χ1v) is 7.30. The zero-order chi connectivity index (χ0) is 12.8. The molecule has 0 radical (unpaired) electrons. The van der Waals surface area contributed by atoms with Crippen molar-refractivity contribution in [1.29, 1.82) is 0 Å². The summed E-state index contributed by atoms with van der Waals surface area (Å²) in [5.41, 5.74) is 0. The zero-order valence-corrected chi connectivity index (χ0v) is 11.8. The van der Waals surface area contributed by atoms with Crippen molar-refractivity contribution in [1.82, 2.24) is 20.1 Å². The highest BCUT2D eigenvalue weighted by molar-refractivity contribution is 7.09. The maximum Gasteiger partial charge on any atom is 0.140 e. The van der Waals surface area contributed by atoms with E-state index in [-0.39, 0.29) is 0 Å². The molecule has 1 unspecified atom stereocenters. The van der Waals surface area contributed by atoms with Crippen molar-refractivity contribution in [2.24, 2.45) is 0 Å². The van der Waals surface area contributed by atoms with Gasteiger partial charge in [0, 0.05) is 17.5 Å². The van der Waals surface area contributed by atoms with E-state index in [1.807, 2.05) is 16.0 Å². The van der Waals surface area contributed by atoms with Crippen LogP contribution in [0.25, 0.3) is 0 Å². The lowest BCUT2D eigenvalue weighted by Crippen LogP contribution is -2.28. The Labute approximate surface area is 112 Å². The molecule has 2 rings (SSSR count). The molecule has 0 spiro atoms. The molecule has 0 aliphatic heterocycles. The predicted molar refractivity (Wildman–Crippen MR) is 74.6 cm³/mol. The van der Waals surface area contributed by atoms with Gasteiger partial charge in [0.1, 0.15) is 12.2 Å². The summed E-state index contributed by atoms with van der Waals surface area (Å²) in [6, 6.07) is 4.74. The van der Waals surface area contributed by atoms with Gasteiger partial charge in [-0.25, -0.2) is 9.67 Å². The second-order valence-electron chi connectivity index (χ2n) is 4.46. The van der Waals surface area contributed by atoms with E-state index < -0.39 is 0 Å². The minimum absolute atomic E-state index is 0.454. The van der Waals surface area contributed by atoms with Crippen molar-refractivity contribution >= 4 is 11.3 Å². The Balaban J connectivity index is 1.81. The van der Waals surface area contributed by atoms with Crippen LogP contribution in [-0.4, -0.2) is 20.8 Å². The van der Waals surface area contributed by atoms with Crippen LogP contribution in [0.1, 0.15) is 31.0 Å². The predicted octanol–water partition coefficient (Wildman–Crippen LogP) is 2.47. The molecule has 0 saturated carbocycles. The first kappa shape index (κ1) is 13.2. The molecule has 0 aromatic carbocycles. The van der Waals surface area contributed by atoms with Crippen molar-refractivity contribution < 1.29 is 0 Å². The molecule has 98 valence electrons. The van der Waals surface area contributed by atoms with Gasteiger partial charge in [0.05, 0.1) is 6.54 Å². The second kappa shape index (κ2) is 6.66. The van der Waals surface area contributed by atoms with Gasteiger partial charge in [-0.05, 0) is 31.2 Å². The Morgan fingerprint density at radius 1 is 1.50 bits per heavy atom. The molecule has 2 aromatic heterocycles. The van der Waals surface area contributed by atoms with Crippen molar-refractivity contribution in [3.63, 3.8) is 0 Å². The van der Waals surface area contributed by atoms with Crippen LogP contribution in [0.5, 0.6) is 0 Å². The fourth-order valence-electron chi connectivity index (χ4n) is 1.89. The monoisotopic (exact) mass is 264 g/mol. The molecule has 2 heterocycles. The van der Waals surface area contributed by atoms with Crippen LogP contribution < -0.4 is 5.32 Å². The number of hydrogen-bond acceptors (Lipinski definition) is 4. The Kier molecular flexibility index (Phi) is 4.90. The third kappa shape index (κ3) is 3.65. The van der Waals surface area contributed by atoms with E-state index in [9.17, 15) is 0 Å². The van der Waals surface area contributed by atoms with Gasteiger partial charge < -0.3 is 5.32 Å². The Hall–Kier alpha value is -1.20. The van der Waals surface area contributed by atoms with Crippen LogP contribution in [0.4, 0.5) is 0 Å². The molecule has 1 atom stereocenters. The lowest BCUT2D eigenvalue weighted by Gasteiger charge is -2.12. The largest absolute Gasteiger partial charge is 0.307 e. The summed E-state index contributed by atoms with van der Waals surface area (Å²) in [6.07, 6.45) is 3.79. The van der Waals surface area contributed by atoms with Gasteiger partial charge in [-0.15, -0.1) is 11.3 Å². The Bertz CT molecular complexity index is 449. The van der Waals surface area contributed by atoms with Crippen molar-refractivity contribution in [3.05, 3.63) is 34.5 Å². The number of aryl methyl sites for hydroxylation is 1. The third-order valence-electron chi connectivity index (χ3n) is 2.83. The van der Waals surface area contributed by atoms with Gasteiger partial charge in [0.15, 0.2) is 0 Å². The highest BCUT2D eigenvalue weighted by Gasteiger charge is 2.07. The second-order valence-corrected chi connectivity index (χ2v) is 5.50.